The van der Waals surface area contributed by atoms with Gasteiger partial charge in [-0.25, -0.2) is 9.78 Å². The summed E-state index contributed by atoms with van der Waals surface area (Å²) >= 11 is 1.61. The normalized spacial score (nSPS) is 13.7. The highest BCUT2D eigenvalue weighted by atomic mass is 32.2. The van der Waals surface area contributed by atoms with Crippen LogP contribution in [0.4, 0.5) is 0 Å². The summed E-state index contributed by atoms with van der Waals surface area (Å²) < 4.78 is 7.03. The minimum absolute atomic E-state index is 0.0580. The Morgan fingerprint density at radius 3 is 2.36 bits per heavy atom. The van der Waals surface area contributed by atoms with Crippen LogP contribution in [0.15, 0.2) is 89.9 Å². The molecule has 0 fully saturated rings. The van der Waals surface area contributed by atoms with Gasteiger partial charge in [0.2, 0.25) is 11.8 Å². The van der Waals surface area contributed by atoms with Crippen molar-refractivity contribution in [2.75, 3.05) is 32.2 Å². The highest BCUT2D eigenvalue weighted by molar-refractivity contribution is 7.98. The third-order valence-electron chi connectivity index (χ3n) is 10.1. The third-order valence-corrected chi connectivity index (χ3v) is 10.7. The molecule has 0 radical (unpaired) electrons. The van der Waals surface area contributed by atoms with Crippen molar-refractivity contribution < 1.29 is 19.1 Å². The number of nitrogens with zero attached hydrogens (tertiary/aromatic N) is 3. The highest BCUT2D eigenvalue weighted by Crippen LogP contribution is 2.21. The average Bonchev–Trinajstić information content (AvgIpc) is 3.60. The zero-order chi connectivity index (χ0) is 40.2. The number of aromatic nitrogens is 2. The van der Waals surface area contributed by atoms with Gasteiger partial charge in [0.25, 0.3) is 0 Å². The van der Waals surface area contributed by atoms with Gasteiger partial charge in [-0.15, -0.1) is 0 Å². The lowest BCUT2D eigenvalue weighted by molar-refractivity contribution is -0.145. The van der Waals surface area contributed by atoms with Gasteiger partial charge >= 0.3 is 5.97 Å². The molecule has 1 heterocycles. The Hall–Kier alpha value is -4.15. The largest absolute Gasteiger partial charge is 0.467 e. The summed E-state index contributed by atoms with van der Waals surface area (Å²) in [5.74, 6) is 0.0615. The van der Waals surface area contributed by atoms with Crippen LogP contribution in [0.1, 0.15) is 91.3 Å². The van der Waals surface area contributed by atoms with E-state index >= 15 is 0 Å². The number of imidazole rings is 1. The zero-order valence-corrected chi connectivity index (χ0v) is 35.3. The zero-order valence-electron chi connectivity index (χ0n) is 34.5. The van der Waals surface area contributed by atoms with Crippen LogP contribution in [0.2, 0.25) is 0 Å². The van der Waals surface area contributed by atoms with Crippen molar-refractivity contribution in [3.05, 3.63) is 101 Å². The Balaban J connectivity index is 1.72. The molecule has 0 aliphatic rings. The van der Waals surface area contributed by atoms with Crippen molar-refractivity contribution in [2.24, 2.45) is 5.92 Å². The lowest BCUT2D eigenvalue weighted by Gasteiger charge is -2.32. The summed E-state index contributed by atoms with van der Waals surface area (Å²) in [5.41, 5.74) is 6.05. The monoisotopic (exact) mass is 771 g/mol. The van der Waals surface area contributed by atoms with Gasteiger partial charge in [-0.1, -0.05) is 97.7 Å². The Kier molecular flexibility index (Phi) is 20.1. The van der Waals surface area contributed by atoms with Crippen LogP contribution in [0.5, 0.6) is 0 Å². The number of methoxy groups -OCH3 is 1. The number of carbonyl (C=O) groups is 3. The van der Waals surface area contributed by atoms with E-state index in [1.54, 1.807) is 24.3 Å². The number of ether oxygens (including phenoxy) is 1. The lowest BCUT2D eigenvalue weighted by Crippen LogP contribution is -2.51. The Labute approximate surface area is 334 Å². The van der Waals surface area contributed by atoms with Gasteiger partial charge in [-0.2, -0.15) is 11.8 Å². The fraction of sp³-hybridized carbons (Fsp3) is 0.511. The smallest absolute Gasteiger partial charge is 0.328 e. The van der Waals surface area contributed by atoms with Crippen molar-refractivity contribution in [3.8, 4) is 0 Å². The number of nitrogens with one attached hydrogen (secondary N) is 2. The lowest BCUT2D eigenvalue weighted by atomic mass is 9.97. The van der Waals surface area contributed by atoms with Crippen molar-refractivity contribution >= 4 is 40.3 Å². The molecule has 0 aliphatic carbocycles. The molecular formula is C45H65N5O4S. The summed E-state index contributed by atoms with van der Waals surface area (Å²) in [6.45, 7) is 14.6. The number of carbonyl (C=O) groups excluding carboxylic acids is 3. The number of hydrogen-bond acceptors (Lipinski definition) is 7. The van der Waals surface area contributed by atoms with Crippen LogP contribution in [-0.4, -0.2) is 76.5 Å². The number of hydrogen-bond donors (Lipinski definition) is 2. The van der Waals surface area contributed by atoms with E-state index in [9.17, 15) is 14.4 Å². The molecule has 0 unspecified atom stereocenters. The van der Waals surface area contributed by atoms with E-state index in [1.165, 1.54) is 23.8 Å². The van der Waals surface area contributed by atoms with E-state index in [0.29, 0.717) is 31.8 Å². The number of allylic oxidation sites excluding steroid dienone is 6. The minimum Gasteiger partial charge on any atom is -0.467 e. The summed E-state index contributed by atoms with van der Waals surface area (Å²) in [6.07, 6.45) is 18.1. The molecule has 0 bridgehead atoms. The first-order valence-corrected chi connectivity index (χ1v) is 21.1. The maximum absolute atomic E-state index is 13.7. The van der Waals surface area contributed by atoms with Gasteiger partial charge in [0, 0.05) is 37.6 Å². The van der Waals surface area contributed by atoms with Gasteiger partial charge in [-0.05, 0) is 94.1 Å². The van der Waals surface area contributed by atoms with Crippen molar-refractivity contribution in [3.63, 3.8) is 0 Å². The second kappa shape index (κ2) is 24.4. The van der Waals surface area contributed by atoms with Crippen LogP contribution in [0, 0.1) is 5.92 Å². The van der Waals surface area contributed by atoms with Gasteiger partial charge in [0.15, 0.2) is 0 Å². The Morgan fingerprint density at radius 1 is 0.945 bits per heavy atom. The number of esters is 1. The first kappa shape index (κ1) is 45.2. The van der Waals surface area contributed by atoms with Gasteiger partial charge in [0.05, 0.1) is 26.4 Å². The number of benzene rings is 2. The number of fused-ring (bicyclic) bond motifs is 1. The van der Waals surface area contributed by atoms with E-state index in [2.05, 4.69) is 105 Å². The maximum atomic E-state index is 13.7. The van der Waals surface area contributed by atoms with Crippen LogP contribution in [-0.2, 0) is 38.6 Å². The molecule has 3 aromatic rings. The summed E-state index contributed by atoms with van der Waals surface area (Å²) in [5, 5.41) is 8.48. The van der Waals surface area contributed by atoms with E-state index in [4.69, 9.17) is 4.74 Å². The minimum atomic E-state index is -0.721. The number of rotatable bonds is 24. The van der Waals surface area contributed by atoms with E-state index in [-0.39, 0.29) is 36.7 Å². The molecule has 2 amide bonds. The SMILES string of the molecule is CC[C@H](C)[C@@H](CN(CC(=O)N[C@@H](CCSC)C(=O)OC)Cc1cccc2ccccc12)NC(=O)Cc1cncn1CC=C(C)CCC=C(C)CCC=C(C)C. The summed E-state index contributed by atoms with van der Waals surface area (Å²) in [7, 11) is 1.34. The topological polar surface area (TPSA) is 106 Å². The maximum Gasteiger partial charge on any atom is 0.328 e. The summed E-state index contributed by atoms with van der Waals surface area (Å²) in [4.78, 5) is 46.3. The van der Waals surface area contributed by atoms with Crippen LogP contribution >= 0.6 is 11.8 Å². The number of amides is 2. The molecule has 0 saturated heterocycles. The summed E-state index contributed by atoms with van der Waals surface area (Å²) in [6, 6.07) is 13.5. The van der Waals surface area contributed by atoms with Gasteiger partial charge < -0.3 is 19.9 Å². The Bertz CT molecular complexity index is 1750. The van der Waals surface area contributed by atoms with Crippen molar-refractivity contribution in [1.29, 1.82) is 0 Å². The second-order valence-corrected chi connectivity index (χ2v) is 16.0. The third kappa shape index (κ3) is 16.2. The quantitative estimate of drug-likeness (QED) is 0.0696. The molecule has 1 aromatic heterocycles. The molecule has 2 N–H and O–H groups in total. The molecule has 0 saturated carbocycles. The molecule has 300 valence electrons. The molecule has 10 heteroatoms. The number of thioether (sulfide) groups is 1. The molecule has 3 atom stereocenters. The van der Waals surface area contributed by atoms with Crippen LogP contribution in [0.25, 0.3) is 10.8 Å². The Morgan fingerprint density at radius 2 is 1.65 bits per heavy atom. The molecule has 0 spiro atoms. The van der Waals surface area contributed by atoms with E-state index in [0.717, 1.165) is 54.1 Å². The fourth-order valence-electron chi connectivity index (χ4n) is 6.53. The predicted octanol–water partition coefficient (Wildman–Crippen LogP) is 8.44. The molecule has 2 aromatic carbocycles. The average molecular weight is 772 g/mol. The van der Waals surface area contributed by atoms with Crippen molar-refractivity contribution in [2.45, 2.75) is 112 Å². The van der Waals surface area contributed by atoms with E-state index in [1.807, 2.05) is 29.0 Å². The van der Waals surface area contributed by atoms with Gasteiger partial charge in [0.1, 0.15) is 6.04 Å². The molecular weight excluding hydrogens is 707 g/mol. The van der Waals surface area contributed by atoms with Crippen LogP contribution in [0.3, 0.4) is 0 Å². The van der Waals surface area contributed by atoms with Gasteiger partial charge in [-0.3, -0.25) is 14.5 Å². The van der Waals surface area contributed by atoms with Crippen LogP contribution < -0.4 is 10.6 Å². The van der Waals surface area contributed by atoms with Crippen molar-refractivity contribution in [1.82, 2.24) is 25.1 Å². The molecule has 0 aliphatic heterocycles. The highest BCUT2D eigenvalue weighted by Gasteiger charge is 2.26. The second-order valence-electron chi connectivity index (χ2n) is 15.0. The van der Waals surface area contributed by atoms with E-state index < -0.39 is 12.0 Å². The molecule has 3 rings (SSSR count). The fourth-order valence-corrected chi connectivity index (χ4v) is 7.00. The molecule has 9 nitrogen and oxygen atoms in total. The standard InChI is InChI=1S/C45H65N5O4S/c1-9-36(6)42(48-43(51)27-39-28-46-32-50(39)25-23-35(5)18-13-17-34(4)16-12-15-33(2)3)30-49(29-38-21-14-20-37-19-10-11-22-40(37)38)31-44(52)47-41(24-26-55-8)45(53)54-7/h10-11,14-15,17,19-23,28,32,36,41-42H,9,12-13,16,18,24-27,29-31H2,1-8H3,(H,47,52)(H,48,51)/t36-,41-,42+/m0/s1. The predicted molar refractivity (Wildman–Crippen MR) is 229 cm³/mol. The molecule has 55 heavy (non-hydrogen) atoms. The first-order valence-electron chi connectivity index (χ1n) is 19.7. The first-order chi connectivity index (χ1) is 26.4.